The first-order valence-corrected chi connectivity index (χ1v) is 9.94. The molecular formula is C21H21Cl2FN2O4. The molecule has 0 N–H and O–H groups in total. The SMILES string of the molecule is CCOc1c(F)c(-c2cccc(OC)c2)nn1CCOc1ccc(OC)c(Cl)c1Cl. The number of halogens is 3. The quantitative estimate of drug-likeness (QED) is 0.427. The lowest BCUT2D eigenvalue weighted by Crippen LogP contribution is -2.12. The summed E-state index contributed by atoms with van der Waals surface area (Å²) in [6, 6.07) is 10.3. The highest BCUT2D eigenvalue weighted by Crippen LogP contribution is 2.38. The Balaban J connectivity index is 1.81. The van der Waals surface area contributed by atoms with Gasteiger partial charge in [-0.2, -0.15) is 9.49 Å². The van der Waals surface area contributed by atoms with Crippen LogP contribution in [0, 0.1) is 5.82 Å². The van der Waals surface area contributed by atoms with Crippen LogP contribution in [-0.2, 0) is 6.54 Å². The number of aromatic nitrogens is 2. The predicted molar refractivity (Wildman–Crippen MR) is 114 cm³/mol. The Hall–Kier alpha value is -2.64. The van der Waals surface area contributed by atoms with Gasteiger partial charge in [0, 0.05) is 5.56 Å². The third-order valence-corrected chi connectivity index (χ3v) is 5.11. The standard InChI is InChI=1S/C21H21Cl2FN2O4/c1-4-29-21-19(24)20(13-6-5-7-14(12-13)27-2)25-26(21)10-11-30-16-9-8-15(28-3)17(22)18(16)23/h5-9,12H,4,10-11H2,1-3H3. The van der Waals surface area contributed by atoms with Crippen molar-refractivity contribution in [3.8, 4) is 34.4 Å². The lowest BCUT2D eigenvalue weighted by molar-refractivity contribution is 0.253. The largest absolute Gasteiger partial charge is 0.497 e. The van der Waals surface area contributed by atoms with Gasteiger partial charge in [-0.25, -0.2) is 4.68 Å². The average molecular weight is 455 g/mol. The summed E-state index contributed by atoms with van der Waals surface area (Å²) in [6.45, 7) is 2.47. The summed E-state index contributed by atoms with van der Waals surface area (Å²) in [5, 5.41) is 4.88. The fraction of sp³-hybridized carbons (Fsp3) is 0.286. The number of nitrogens with zero attached hydrogens (tertiary/aromatic N) is 2. The van der Waals surface area contributed by atoms with Crippen molar-refractivity contribution in [3.05, 3.63) is 52.3 Å². The van der Waals surface area contributed by atoms with Crippen LogP contribution in [0.3, 0.4) is 0 Å². The molecule has 0 amide bonds. The smallest absolute Gasteiger partial charge is 0.249 e. The highest BCUT2D eigenvalue weighted by molar-refractivity contribution is 6.43. The Morgan fingerprint density at radius 2 is 1.73 bits per heavy atom. The minimum Gasteiger partial charge on any atom is -0.497 e. The van der Waals surface area contributed by atoms with Gasteiger partial charge in [0.25, 0.3) is 0 Å². The van der Waals surface area contributed by atoms with E-state index in [1.54, 1.807) is 50.4 Å². The molecule has 3 rings (SSSR count). The highest BCUT2D eigenvalue weighted by atomic mass is 35.5. The van der Waals surface area contributed by atoms with Crippen molar-refractivity contribution in [2.24, 2.45) is 0 Å². The molecule has 2 aromatic carbocycles. The molecular weight excluding hydrogens is 434 g/mol. The van der Waals surface area contributed by atoms with Gasteiger partial charge in [0.1, 0.15) is 39.6 Å². The summed E-state index contributed by atoms with van der Waals surface area (Å²) < 4.78 is 38.0. The molecule has 0 spiro atoms. The maximum absolute atomic E-state index is 15.0. The zero-order chi connectivity index (χ0) is 21.7. The Morgan fingerprint density at radius 1 is 1.00 bits per heavy atom. The Bertz CT molecular complexity index is 1030. The second-order valence-electron chi connectivity index (χ2n) is 6.10. The van der Waals surface area contributed by atoms with Crippen molar-refractivity contribution in [1.82, 2.24) is 9.78 Å². The molecule has 30 heavy (non-hydrogen) atoms. The van der Waals surface area contributed by atoms with E-state index >= 15 is 4.39 Å². The number of hydrogen-bond donors (Lipinski definition) is 0. The van der Waals surface area contributed by atoms with Crippen LogP contribution in [0.4, 0.5) is 4.39 Å². The van der Waals surface area contributed by atoms with E-state index < -0.39 is 5.82 Å². The van der Waals surface area contributed by atoms with Crippen molar-refractivity contribution >= 4 is 23.2 Å². The van der Waals surface area contributed by atoms with Crippen LogP contribution in [-0.4, -0.2) is 37.2 Å². The molecule has 1 aromatic heterocycles. The Labute approximate surface area is 184 Å². The fourth-order valence-electron chi connectivity index (χ4n) is 2.83. The van der Waals surface area contributed by atoms with E-state index in [0.717, 1.165) is 0 Å². The molecule has 160 valence electrons. The molecule has 0 aliphatic rings. The molecule has 0 aliphatic carbocycles. The third-order valence-electron chi connectivity index (χ3n) is 4.27. The van der Waals surface area contributed by atoms with Crippen LogP contribution < -0.4 is 18.9 Å². The summed E-state index contributed by atoms with van der Waals surface area (Å²) >= 11 is 12.4. The van der Waals surface area contributed by atoms with E-state index in [0.29, 0.717) is 29.4 Å². The first-order valence-electron chi connectivity index (χ1n) is 9.18. The molecule has 0 unspecified atom stereocenters. The molecule has 0 bridgehead atoms. The minimum absolute atomic E-state index is 0.0396. The van der Waals surface area contributed by atoms with E-state index in [-0.39, 0.29) is 34.8 Å². The van der Waals surface area contributed by atoms with Crippen LogP contribution in [0.25, 0.3) is 11.3 Å². The van der Waals surface area contributed by atoms with Gasteiger partial charge in [-0.3, -0.25) is 0 Å². The number of benzene rings is 2. The van der Waals surface area contributed by atoms with Crippen molar-refractivity contribution in [1.29, 1.82) is 0 Å². The fourth-order valence-corrected chi connectivity index (χ4v) is 3.27. The van der Waals surface area contributed by atoms with Gasteiger partial charge in [-0.15, -0.1) is 0 Å². The second-order valence-corrected chi connectivity index (χ2v) is 6.85. The third kappa shape index (κ3) is 4.57. The van der Waals surface area contributed by atoms with Crippen LogP contribution >= 0.6 is 23.2 Å². The lowest BCUT2D eigenvalue weighted by Gasteiger charge is -2.12. The maximum atomic E-state index is 15.0. The number of ether oxygens (including phenoxy) is 4. The molecule has 6 nitrogen and oxygen atoms in total. The molecule has 0 radical (unpaired) electrons. The normalized spacial score (nSPS) is 10.7. The number of hydrogen-bond acceptors (Lipinski definition) is 5. The molecule has 3 aromatic rings. The van der Waals surface area contributed by atoms with Crippen molar-refractivity contribution in [2.75, 3.05) is 27.4 Å². The van der Waals surface area contributed by atoms with Crippen LogP contribution in [0.2, 0.25) is 10.0 Å². The van der Waals surface area contributed by atoms with E-state index in [1.807, 2.05) is 0 Å². The van der Waals surface area contributed by atoms with Gasteiger partial charge in [-0.1, -0.05) is 35.3 Å². The average Bonchev–Trinajstić information content (AvgIpc) is 3.07. The van der Waals surface area contributed by atoms with Gasteiger partial charge in [0.2, 0.25) is 11.7 Å². The summed E-state index contributed by atoms with van der Waals surface area (Å²) in [7, 11) is 3.05. The molecule has 0 aliphatic heterocycles. The Morgan fingerprint density at radius 3 is 2.43 bits per heavy atom. The molecule has 0 atom stereocenters. The van der Waals surface area contributed by atoms with Crippen molar-refractivity contribution in [2.45, 2.75) is 13.5 Å². The van der Waals surface area contributed by atoms with Crippen molar-refractivity contribution < 1.29 is 23.3 Å². The molecule has 1 heterocycles. The topological polar surface area (TPSA) is 54.7 Å². The van der Waals surface area contributed by atoms with E-state index in [9.17, 15) is 0 Å². The molecule has 0 saturated heterocycles. The predicted octanol–water partition coefficient (Wildman–Crippen LogP) is 5.49. The molecule has 9 heteroatoms. The summed E-state index contributed by atoms with van der Waals surface area (Å²) in [5.74, 6) is 0.938. The van der Waals surface area contributed by atoms with E-state index in [4.69, 9.17) is 42.1 Å². The molecule has 0 saturated carbocycles. The van der Waals surface area contributed by atoms with Crippen LogP contribution in [0.5, 0.6) is 23.1 Å². The van der Waals surface area contributed by atoms with Gasteiger partial charge in [-0.05, 0) is 31.2 Å². The minimum atomic E-state index is -0.546. The van der Waals surface area contributed by atoms with Crippen molar-refractivity contribution in [3.63, 3.8) is 0 Å². The van der Waals surface area contributed by atoms with Gasteiger partial charge < -0.3 is 18.9 Å². The van der Waals surface area contributed by atoms with Gasteiger partial charge in [0.15, 0.2) is 0 Å². The van der Waals surface area contributed by atoms with E-state index in [1.165, 1.54) is 11.8 Å². The highest BCUT2D eigenvalue weighted by Gasteiger charge is 2.21. The maximum Gasteiger partial charge on any atom is 0.249 e. The van der Waals surface area contributed by atoms with Crippen LogP contribution in [0.1, 0.15) is 6.92 Å². The zero-order valence-electron chi connectivity index (χ0n) is 16.7. The Kier molecular flexibility index (Phi) is 7.29. The zero-order valence-corrected chi connectivity index (χ0v) is 18.3. The number of methoxy groups -OCH3 is 2. The first-order chi connectivity index (χ1) is 14.5. The summed E-state index contributed by atoms with van der Waals surface area (Å²) in [4.78, 5) is 0. The monoisotopic (exact) mass is 454 g/mol. The van der Waals surface area contributed by atoms with Crippen LogP contribution in [0.15, 0.2) is 36.4 Å². The summed E-state index contributed by atoms with van der Waals surface area (Å²) in [6.07, 6.45) is 0. The summed E-state index contributed by atoms with van der Waals surface area (Å²) in [5.41, 5.74) is 0.750. The van der Waals surface area contributed by atoms with Gasteiger partial charge in [0.05, 0.1) is 27.4 Å². The van der Waals surface area contributed by atoms with E-state index in [2.05, 4.69) is 5.10 Å². The van der Waals surface area contributed by atoms with Gasteiger partial charge >= 0.3 is 0 Å². The first kappa shape index (κ1) is 22.1. The lowest BCUT2D eigenvalue weighted by atomic mass is 10.1. The second kappa shape index (κ2) is 9.91. The number of rotatable bonds is 9. The molecule has 0 fully saturated rings.